The normalized spacial score (nSPS) is 12.1. The first kappa shape index (κ1) is 19.2. The van der Waals surface area contributed by atoms with Crippen LogP contribution in [0.4, 0.5) is 0 Å². The lowest BCUT2D eigenvalue weighted by molar-refractivity contribution is 0.135. The molecule has 0 saturated carbocycles. The van der Waals surface area contributed by atoms with Gasteiger partial charge >= 0.3 is 0 Å². The van der Waals surface area contributed by atoms with Gasteiger partial charge in [0.05, 0.1) is 0 Å². The number of benzene rings is 3. The fourth-order valence-electron chi connectivity index (χ4n) is 3.84. The predicted octanol–water partition coefficient (Wildman–Crippen LogP) is 6.45. The number of ether oxygens (including phenoxy) is 1. The first-order valence-electron chi connectivity index (χ1n) is 9.65. The molecule has 1 N–H and O–H groups in total. The Morgan fingerprint density at radius 2 is 1.59 bits per heavy atom. The standard InChI is InChI=1S/C25H28O2/c1-4-5-12-21-17-22(26)23(19-13-8-6-9-14-19)18(2)24(21)25(27-3)20-15-10-7-11-16-20/h6-11,13-17,25-26H,4-5,12H2,1-3H3. The Morgan fingerprint density at radius 3 is 2.19 bits per heavy atom. The first-order chi connectivity index (χ1) is 13.2. The van der Waals surface area contributed by atoms with E-state index < -0.39 is 0 Å². The van der Waals surface area contributed by atoms with E-state index in [0.717, 1.165) is 41.5 Å². The minimum absolute atomic E-state index is 0.152. The van der Waals surface area contributed by atoms with Gasteiger partial charge in [-0.3, -0.25) is 0 Å². The molecule has 1 unspecified atom stereocenters. The smallest absolute Gasteiger partial charge is 0.123 e. The minimum Gasteiger partial charge on any atom is -0.507 e. The summed E-state index contributed by atoms with van der Waals surface area (Å²) in [7, 11) is 1.76. The zero-order valence-electron chi connectivity index (χ0n) is 16.4. The molecule has 0 heterocycles. The third-order valence-corrected chi connectivity index (χ3v) is 5.15. The van der Waals surface area contributed by atoms with Crippen molar-refractivity contribution in [2.75, 3.05) is 7.11 Å². The van der Waals surface area contributed by atoms with Crippen LogP contribution in [0, 0.1) is 6.92 Å². The van der Waals surface area contributed by atoms with Crippen molar-refractivity contribution in [3.8, 4) is 16.9 Å². The molecule has 2 nitrogen and oxygen atoms in total. The van der Waals surface area contributed by atoms with Gasteiger partial charge in [-0.2, -0.15) is 0 Å². The van der Waals surface area contributed by atoms with Crippen LogP contribution in [0.5, 0.6) is 5.75 Å². The summed E-state index contributed by atoms with van der Waals surface area (Å²) in [4.78, 5) is 0. The lowest BCUT2D eigenvalue weighted by Gasteiger charge is -2.25. The van der Waals surface area contributed by atoms with E-state index in [1.165, 1.54) is 11.1 Å². The van der Waals surface area contributed by atoms with Crippen molar-refractivity contribution in [3.05, 3.63) is 89.0 Å². The molecule has 27 heavy (non-hydrogen) atoms. The third-order valence-electron chi connectivity index (χ3n) is 5.15. The zero-order valence-corrected chi connectivity index (χ0v) is 16.4. The van der Waals surface area contributed by atoms with Crippen molar-refractivity contribution in [1.82, 2.24) is 0 Å². The Balaban J connectivity index is 2.22. The lowest BCUT2D eigenvalue weighted by Crippen LogP contribution is -2.10. The number of hydrogen-bond acceptors (Lipinski definition) is 2. The van der Waals surface area contributed by atoms with Gasteiger partial charge in [-0.15, -0.1) is 0 Å². The summed E-state index contributed by atoms with van der Waals surface area (Å²) < 4.78 is 5.97. The van der Waals surface area contributed by atoms with Gasteiger partial charge in [0.1, 0.15) is 11.9 Å². The van der Waals surface area contributed by atoms with Gasteiger partial charge in [-0.05, 0) is 53.6 Å². The number of phenolic OH excluding ortho intramolecular Hbond substituents is 1. The molecular formula is C25H28O2. The van der Waals surface area contributed by atoms with E-state index in [1.807, 2.05) is 54.6 Å². The largest absolute Gasteiger partial charge is 0.507 e. The summed E-state index contributed by atoms with van der Waals surface area (Å²) in [6.45, 7) is 4.29. The van der Waals surface area contributed by atoms with E-state index in [-0.39, 0.29) is 6.10 Å². The van der Waals surface area contributed by atoms with E-state index in [1.54, 1.807) is 7.11 Å². The van der Waals surface area contributed by atoms with Crippen molar-refractivity contribution < 1.29 is 9.84 Å². The molecule has 0 fully saturated rings. The van der Waals surface area contributed by atoms with Crippen molar-refractivity contribution in [2.24, 2.45) is 0 Å². The quantitative estimate of drug-likeness (QED) is 0.525. The van der Waals surface area contributed by atoms with Crippen molar-refractivity contribution in [2.45, 2.75) is 39.2 Å². The molecule has 0 bridgehead atoms. The monoisotopic (exact) mass is 360 g/mol. The van der Waals surface area contributed by atoms with E-state index in [0.29, 0.717) is 5.75 Å². The third kappa shape index (κ3) is 4.06. The topological polar surface area (TPSA) is 29.5 Å². The van der Waals surface area contributed by atoms with Crippen LogP contribution in [0.1, 0.15) is 48.1 Å². The molecule has 0 aromatic heterocycles. The van der Waals surface area contributed by atoms with Gasteiger partial charge in [0.15, 0.2) is 0 Å². The van der Waals surface area contributed by atoms with Crippen LogP contribution in [-0.4, -0.2) is 12.2 Å². The second-order valence-electron chi connectivity index (χ2n) is 6.96. The fraction of sp³-hybridized carbons (Fsp3) is 0.280. The van der Waals surface area contributed by atoms with Gasteiger partial charge < -0.3 is 9.84 Å². The SMILES string of the molecule is CCCCc1cc(O)c(-c2ccccc2)c(C)c1C(OC)c1ccccc1. The second-order valence-corrected chi connectivity index (χ2v) is 6.96. The summed E-state index contributed by atoms with van der Waals surface area (Å²) in [5, 5.41) is 10.8. The molecule has 0 radical (unpaired) electrons. The lowest BCUT2D eigenvalue weighted by atomic mass is 9.85. The first-order valence-corrected chi connectivity index (χ1v) is 9.65. The molecule has 140 valence electrons. The molecule has 0 aliphatic rings. The molecular weight excluding hydrogens is 332 g/mol. The summed E-state index contributed by atoms with van der Waals surface area (Å²) in [6, 6.07) is 22.3. The van der Waals surface area contributed by atoms with E-state index >= 15 is 0 Å². The molecule has 3 aromatic carbocycles. The van der Waals surface area contributed by atoms with Gasteiger partial charge in [0.25, 0.3) is 0 Å². The molecule has 3 rings (SSSR count). The highest BCUT2D eigenvalue weighted by Gasteiger charge is 2.23. The van der Waals surface area contributed by atoms with Gasteiger partial charge in [0, 0.05) is 12.7 Å². The highest BCUT2D eigenvalue weighted by molar-refractivity contribution is 5.76. The summed E-state index contributed by atoms with van der Waals surface area (Å²) >= 11 is 0. The van der Waals surface area contributed by atoms with Crippen LogP contribution in [-0.2, 0) is 11.2 Å². The number of unbranched alkanes of at least 4 members (excludes halogenated alkanes) is 1. The van der Waals surface area contributed by atoms with Gasteiger partial charge in [-0.25, -0.2) is 0 Å². The highest BCUT2D eigenvalue weighted by atomic mass is 16.5. The Bertz CT molecular complexity index is 870. The summed E-state index contributed by atoms with van der Waals surface area (Å²) in [5.41, 5.74) is 6.48. The Kier molecular flexibility index (Phi) is 6.31. The number of rotatable bonds is 7. The van der Waals surface area contributed by atoms with Crippen LogP contribution in [0.3, 0.4) is 0 Å². The maximum absolute atomic E-state index is 10.8. The Morgan fingerprint density at radius 1 is 0.963 bits per heavy atom. The number of aromatic hydroxyl groups is 1. The Labute approximate surface area is 162 Å². The minimum atomic E-state index is -0.152. The molecule has 0 saturated heterocycles. The molecule has 0 spiro atoms. The van der Waals surface area contributed by atoms with Crippen molar-refractivity contribution >= 4 is 0 Å². The summed E-state index contributed by atoms with van der Waals surface area (Å²) in [5.74, 6) is 0.344. The van der Waals surface area contributed by atoms with Crippen LogP contribution in [0.15, 0.2) is 66.7 Å². The molecule has 2 heteroatoms. The molecule has 0 amide bonds. The second kappa shape index (κ2) is 8.88. The maximum Gasteiger partial charge on any atom is 0.123 e. The van der Waals surface area contributed by atoms with Crippen LogP contribution in [0.25, 0.3) is 11.1 Å². The molecule has 0 aliphatic carbocycles. The van der Waals surface area contributed by atoms with Crippen LogP contribution in [0.2, 0.25) is 0 Å². The van der Waals surface area contributed by atoms with Crippen molar-refractivity contribution in [3.63, 3.8) is 0 Å². The van der Waals surface area contributed by atoms with E-state index in [2.05, 4.69) is 26.0 Å². The number of aryl methyl sites for hydroxylation is 1. The molecule has 1 atom stereocenters. The van der Waals surface area contributed by atoms with Crippen molar-refractivity contribution in [1.29, 1.82) is 0 Å². The Hall–Kier alpha value is -2.58. The maximum atomic E-state index is 10.8. The average molecular weight is 360 g/mol. The number of methoxy groups -OCH3 is 1. The fourth-order valence-corrected chi connectivity index (χ4v) is 3.84. The molecule has 3 aromatic rings. The van der Waals surface area contributed by atoms with E-state index in [9.17, 15) is 5.11 Å². The zero-order chi connectivity index (χ0) is 19.2. The predicted molar refractivity (Wildman–Crippen MR) is 112 cm³/mol. The highest BCUT2D eigenvalue weighted by Crippen LogP contribution is 2.41. The average Bonchev–Trinajstić information content (AvgIpc) is 2.70. The summed E-state index contributed by atoms with van der Waals surface area (Å²) in [6.07, 6.45) is 2.98. The number of phenols is 1. The van der Waals surface area contributed by atoms with Gasteiger partial charge in [0.2, 0.25) is 0 Å². The number of hydrogen-bond donors (Lipinski definition) is 1. The van der Waals surface area contributed by atoms with Crippen LogP contribution < -0.4 is 0 Å². The molecule has 0 aliphatic heterocycles. The van der Waals surface area contributed by atoms with Crippen LogP contribution >= 0.6 is 0 Å². The van der Waals surface area contributed by atoms with E-state index in [4.69, 9.17) is 4.74 Å². The van der Waals surface area contributed by atoms with Gasteiger partial charge in [-0.1, -0.05) is 74.0 Å².